The van der Waals surface area contributed by atoms with Crippen LogP contribution in [0.1, 0.15) is 13.8 Å². The average Bonchev–Trinajstić information content (AvgIpc) is 2.88. The number of rotatable bonds is 4. The van der Waals surface area contributed by atoms with E-state index in [1.54, 1.807) is 0 Å². The van der Waals surface area contributed by atoms with Gasteiger partial charge in [0, 0.05) is 5.56 Å². The van der Waals surface area contributed by atoms with E-state index in [-0.39, 0.29) is 12.6 Å². The number of fused-ring (bicyclic) bond motifs is 1. The number of nitriles is 1. The molecule has 0 spiro atoms. The molecule has 0 aliphatic carbocycles. The van der Waals surface area contributed by atoms with Crippen molar-refractivity contribution in [2.45, 2.75) is 26.5 Å². The summed E-state index contributed by atoms with van der Waals surface area (Å²) in [5.74, 6) is 1.39. The van der Waals surface area contributed by atoms with Gasteiger partial charge in [-0.1, -0.05) is 12.1 Å². The summed E-state index contributed by atoms with van der Waals surface area (Å²) in [5, 5.41) is 9.12. The number of anilines is 1. The van der Waals surface area contributed by atoms with Gasteiger partial charge in [-0.2, -0.15) is 5.26 Å². The van der Waals surface area contributed by atoms with Crippen molar-refractivity contribution >= 4 is 16.7 Å². The van der Waals surface area contributed by atoms with Crippen molar-refractivity contribution in [2.75, 3.05) is 5.73 Å². The number of hydrogen-bond acceptors (Lipinski definition) is 4. The van der Waals surface area contributed by atoms with Gasteiger partial charge >= 0.3 is 0 Å². The third-order valence-corrected chi connectivity index (χ3v) is 3.51. The first-order chi connectivity index (χ1) is 11.1. The lowest BCUT2D eigenvalue weighted by atomic mass is 10.1. The molecule has 2 N–H and O–H groups in total. The monoisotopic (exact) mass is 306 g/mol. The highest BCUT2D eigenvalue weighted by Gasteiger charge is 2.14. The Labute approximate surface area is 134 Å². The molecule has 3 aromatic rings. The maximum atomic E-state index is 9.12. The maximum absolute atomic E-state index is 9.12. The Morgan fingerprint density at radius 1 is 1.26 bits per heavy atom. The third kappa shape index (κ3) is 2.84. The zero-order valence-corrected chi connectivity index (χ0v) is 13.2. The van der Waals surface area contributed by atoms with Gasteiger partial charge in [0.2, 0.25) is 0 Å². The molecule has 0 aliphatic rings. The number of nitrogen functional groups attached to an aromatic ring is 1. The van der Waals surface area contributed by atoms with E-state index < -0.39 is 0 Å². The summed E-state index contributed by atoms with van der Waals surface area (Å²) in [7, 11) is 0. The normalized spacial score (nSPS) is 10.9. The molecule has 0 bridgehead atoms. The van der Waals surface area contributed by atoms with Gasteiger partial charge in [0.15, 0.2) is 0 Å². The van der Waals surface area contributed by atoms with Gasteiger partial charge < -0.3 is 15.0 Å². The molecule has 0 unspecified atom stereocenters. The van der Waals surface area contributed by atoms with E-state index in [4.69, 9.17) is 15.7 Å². The van der Waals surface area contributed by atoms with E-state index in [1.165, 1.54) is 0 Å². The Morgan fingerprint density at radius 2 is 2.04 bits per heavy atom. The van der Waals surface area contributed by atoms with Gasteiger partial charge in [0.25, 0.3) is 0 Å². The van der Waals surface area contributed by atoms with Crippen LogP contribution in [-0.2, 0) is 6.54 Å². The smallest absolute Gasteiger partial charge is 0.142 e. The molecule has 0 radical (unpaired) electrons. The van der Waals surface area contributed by atoms with Crippen LogP contribution in [-0.4, -0.2) is 15.7 Å². The molecule has 0 fully saturated rings. The fraction of sp³-hybridized carbons (Fsp3) is 0.222. The van der Waals surface area contributed by atoms with Crippen molar-refractivity contribution in [3.8, 4) is 23.2 Å². The lowest BCUT2D eigenvalue weighted by Crippen LogP contribution is -2.07. The second-order valence-electron chi connectivity index (χ2n) is 5.59. The Morgan fingerprint density at radius 3 is 2.74 bits per heavy atom. The fourth-order valence-corrected chi connectivity index (χ4v) is 2.58. The molecular weight excluding hydrogens is 288 g/mol. The molecule has 5 heteroatoms. The first kappa shape index (κ1) is 14.9. The van der Waals surface area contributed by atoms with Crippen LogP contribution in [0.2, 0.25) is 0 Å². The average molecular weight is 306 g/mol. The Kier molecular flexibility index (Phi) is 3.90. The second-order valence-corrected chi connectivity index (χ2v) is 5.59. The van der Waals surface area contributed by atoms with Crippen molar-refractivity contribution in [3.63, 3.8) is 0 Å². The van der Waals surface area contributed by atoms with E-state index >= 15 is 0 Å². The van der Waals surface area contributed by atoms with E-state index in [2.05, 4.69) is 11.1 Å². The highest BCUT2D eigenvalue weighted by molar-refractivity contribution is 5.81. The third-order valence-electron chi connectivity index (χ3n) is 3.51. The van der Waals surface area contributed by atoms with Crippen LogP contribution in [0, 0.1) is 11.3 Å². The van der Waals surface area contributed by atoms with Gasteiger partial charge in [-0.15, -0.1) is 0 Å². The molecule has 0 saturated carbocycles. The molecule has 0 atom stereocenters. The molecule has 1 heterocycles. The fourth-order valence-electron chi connectivity index (χ4n) is 2.58. The minimum atomic E-state index is 0.0614. The molecule has 23 heavy (non-hydrogen) atoms. The molecule has 5 nitrogen and oxygen atoms in total. The number of nitrogens with two attached hydrogens (primary N) is 1. The highest BCUT2D eigenvalue weighted by atomic mass is 16.5. The van der Waals surface area contributed by atoms with Gasteiger partial charge in [-0.25, -0.2) is 4.98 Å². The van der Waals surface area contributed by atoms with Crippen LogP contribution in [0.25, 0.3) is 22.4 Å². The molecule has 3 rings (SSSR count). The summed E-state index contributed by atoms with van der Waals surface area (Å²) in [5.41, 5.74) is 9.32. The van der Waals surface area contributed by atoms with Gasteiger partial charge in [-0.3, -0.25) is 0 Å². The zero-order chi connectivity index (χ0) is 16.4. The van der Waals surface area contributed by atoms with E-state index in [1.807, 2.05) is 60.9 Å². The summed E-state index contributed by atoms with van der Waals surface area (Å²) in [6.45, 7) is 4.15. The molecule has 116 valence electrons. The number of para-hydroxylation sites is 2. The topological polar surface area (TPSA) is 76.9 Å². The molecule has 0 saturated heterocycles. The molecular formula is C18H18N4O. The number of imidazole rings is 1. The zero-order valence-electron chi connectivity index (χ0n) is 13.2. The molecule has 0 amide bonds. The minimum Gasteiger partial charge on any atom is -0.489 e. The number of benzene rings is 2. The lowest BCUT2D eigenvalue weighted by molar-refractivity contribution is 0.244. The number of nitrogens with zero attached hydrogens (tertiary/aromatic N) is 3. The van der Waals surface area contributed by atoms with Gasteiger partial charge in [-0.05, 0) is 44.2 Å². The lowest BCUT2D eigenvalue weighted by Gasteiger charge is -2.13. The number of hydrogen-bond donors (Lipinski definition) is 1. The van der Waals surface area contributed by atoms with Crippen molar-refractivity contribution in [1.82, 2.24) is 9.55 Å². The Bertz CT molecular complexity index is 890. The predicted octanol–water partition coefficient (Wildman–Crippen LogP) is 3.60. The summed E-state index contributed by atoms with van der Waals surface area (Å²) in [4.78, 5) is 4.65. The van der Waals surface area contributed by atoms with Crippen LogP contribution in [0.3, 0.4) is 0 Å². The van der Waals surface area contributed by atoms with E-state index in [9.17, 15) is 0 Å². The van der Waals surface area contributed by atoms with Crippen molar-refractivity contribution in [3.05, 3.63) is 42.5 Å². The molecule has 0 aliphatic heterocycles. The number of aromatic nitrogens is 2. The standard InChI is InChI=1S/C18H18N4O/c1-12(2)23-17-8-7-13(11-14(17)20)18-21-15-5-3-4-6-16(15)22(18)10-9-19/h3-8,11-12H,10,20H2,1-2H3. The van der Waals surface area contributed by atoms with Crippen LogP contribution in [0.4, 0.5) is 5.69 Å². The predicted molar refractivity (Wildman–Crippen MR) is 91.0 cm³/mol. The van der Waals surface area contributed by atoms with E-state index in [0.29, 0.717) is 11.4 Å². The summed E-state index contributed by atoms with van der Waals surface area (Å²) >= 11 is 0. The van der Waals surface area contributed by atoms with Gasteiger partial charge in [0.05, 0.1) is 28.9 Å². The van der Waals surface area contributed by atoms with E-state index in [0.717, 1.165) is 22.4 Å². The molecule has 2 aromatic carbocycles. The highest BCUT2D eigenvalue weighted by Crippen LogP contribution is 2.30. The summed E-state index contributed by atoms with van der Waals surface area (Å²) in [6.07, 6.45) is 0.0614. The first-order valence-corrected chi connectivity index (χ1v) is 7.49. The summed E-state index contributed by atoms with van der Waals surface area (Å²) in [6, 6.07) is 15.6. The SMILES string of the molecule is CC(C)Oc1ccc(-c2nc3ccccc3n2CC#N)cc1N. The minimum absolute atomic E-state index is 0.0614. The second kappa shape index (κ2) is 6.01. The van der Waals surface area contributed by atoms with Crippen molar-refractivity contribution in [2.24, 2.45) is 0 Å². The van der Waals surface area contributed by atoms with Crippen molar-refractivity contribution in [1.29, 1.82) is 5.26 Å². The molecule has 1 aromatic heterocycles. The van der Waals surface area contributed by atoms with Crippen LogP contribution >= 0.6 is 0 Å². The first-order valence-electron chi connectivity index (χ1n) is 7.49. The van der Waals surface area contributed by atoms with Gasteiger partial charge in [0.1, 0.15) is 18.1 Å². The Balaban J connectivity index is 2.11. The quantitative estimate of drug-likeness (QED) is 0.747. The largest absolute Gasteiger partial charge is 0.489 e. The number of ether oxygens (including phenoxy) is 1. The van der Waals surface area contributed by atoms with Crippen molar-refractivity contribution < 1.29 is 4.74 Å². The summed E-state index contributed by atoms with van der Waals surface area (Å²) < 4.78 is 7.56. The van der Waals surface area contributed by atoms with Crippen LogP contribution in [0.15, 0.2) is 42.5 Å². The van der Waals surface area contributed by atoms with Crippen LogP contribution < -0.4 is 10.5 Å². The maximum Gasteiger partial charge on any atom is 0.142 e. The van der Waals surface area contributed by atoms with Crippen LogP contribution in [0.5, 0.6) is 5.75 Å². The Hall–Kier alpha value is -3.00.